The van der Waals surface area contributed by atoms with E-state index >= 15 is 0 Å². The average Bonchev–Trinajstić information content (AvgIpc) is 2.36. The molecule has 1 aromatic carbocycles. The molecule has 2 N–H and O–H groups in total. The van der Waals surface area contributed by atoms with Gasteiger partial charge in [0.25, 0.3) is 10.1 Å². The van der Waals surface area contributed by atoms with Gasteiger partial charge in [-0.15, -0.1) is 0 Å². The van der Waals surface area contributed by atoms with E-state index in [1.54, 1.807) is 6.07 Å². The summed E-state index contributed by atoms with van der Waals surface area (Å²) < 4.78 is 33.2. The summed E-state index contributed by atoms with van der Waals surface area (Å²) in [6, 6.07) is 3.12. The minimum absolute atomic E-state index is 0.255. The first-order valence-corrected chi connectivity index (χ1v) is 8.67. The van der Waals surface area contributed by atoms with Crippen molar-refractivity contribution in [2.24, 2.45) is 0 Å². The Balaban J connectivity index is 3.95. The van der Waals surface area contributed by atoms with E-state index in [4.69, 9.17) is 0 Å². The van der Waals surface area contributed by atoms with Crippen LogP contribution in [0.1, 0.15) is 65.5 Å². The summed E-state index contributed by atoms with van der Waals surface area (Å²) in [6.45, 7) is 11.9. The first-order chi connectivity index (χ1) is 9.38. The lowest BCUT2D eigenvalue weighted by atomic mass is 9.71. The van der Waals surface area contributed by atoms with E-state index < -0.39 is 21.3 Å². The average molecular weight is 314 g/mol. The standard InChI is InChI=1S/C16H26O4S/c1-7-15(3,4)11-9-10-12(17)14(21(18,19)20)13(11)16(5,6)8-2/h9-10,17H,7-8H2,1-6H3,(H,18,19,20). The Morgan fingerprint density at radius 1 is 1.00 bits per heavy atom. The maximum atomic E-state index is 11.8. The van der Waals surface area contributed by atoms with E-state index in [1.165, 1.54) is 6.07 Å². The molecular weight excluding hydrogens is 288 g/mol. The lowest BCUT2D eigenvalue weighted by Crippen LogP contribution is -2.28. The molecule has 0 aromatic heterocycles. The second kappa shape index (κ2) is 5.61. The zero-order valence-electron chi connectivity index (χ0n) is 13.7. The Morgan fingerprint density at radius 2 is 1.48 bits per heavy atom. The number of hydrogen-bond acceptors (Lipinski definition) is 3. The highest BCUT2D eigenvalue weighted by atomic mass is 32.2. The van der Waals surface area contributed by atoms with Gasteiger partial charge in [0.1, 0.15) is 10.6 Å². The van der Waals surface area contributed by atoms with Crippen molar-refractivity contribution in [3.63, 3.8) is 0 Å². The molecule has 4 nitrogen and oxygen atoms in total. The summed E-state index contributed by atoms with van der Waals surface area (Å²) in [5, 5.41) is 10.0. The molecule has 0 aliphatic carbocycles. The fraction of sp³-hybridized carbons (Fsp3) is 0.625. The fourth-order valence-electron chi connectivity index (χ4n) is 2.44. The topological polar surface area (TPSA) is 74.6 Å². The summed E-state index contributed by atoms with van der Waals surface area (Å²) in [6.07, 6.45) is 1.50. The van der Waals surface area contributed by atoms with E-state index in [0.717, 1.165) is 12.0 Å². The lowest BCUT2D eigenvalue weighted by Gasteiger charge is -2.35. The van der Waals surface area contributed by atoms with Gasteiger partial charge < -0.3 is 5.11 Å². The molecule has 0 unspecified atom stereocenters. The van der Waals surface area contributed by atoms with Crippen LogP contribution in [0.25, 0.3) is 0 Å². The number of hydrogen-bond donors (Lipinski definition) is 2. The Kier molecular flexibility index (Phi) is 4.81. The number of phenols is 1. The highest BCUT2D eigenvalue weighted by Crippen LogP contribution is 2.44. The number of aromatic hydroxyl groups is 1. The molecule has 1 aromatic rings. The zero-order valence-corrected chi connectivity index (χ0v) is 14.5. The van der Waals surface area contributed by atoms with Gasteiger partial charge in [0.2, 0.25) is 0 Å². The van der Waals surface area contributed by atoms with Crippen molar-refractivity contribution in [3.05, 3.63) is 23.3 Å². The van der Waals surface area contributed by atoms with Crippen molar-refractivity contribution in [3.8, 4) is 5.75 Å². The number of benzene rings is 1. The molecule has 1 rings (SSSR count). The Labute approximate surface area is 128 Å². The van der Waals surface area contributed by atoms with E-state index in [9.17, 15) is 18.1 Å². The van der Waals surface area contributed by atoms with Crippen LogP contribution in [0.4, 0.5) is 0 Å². The van der Waals surface area contributed by atoms with Crippen LogP contribution in [-0.4, -0.2) is 18.1 Å². The maximum Gasteiger partial charge on any atom is 0.298 e. The highest BCUT2D eigenvalue weighted by molar-refractivity contribution is 7.86. The molecule has 0 radical (unpaired) electrons. The quantitative estimate of drug-likeness (QED) is 0.805. The second-order valence-corrected chi connectivity index (χ2v) is 8.14. The Morgan fingerprint density at radius 3 is 1.86 bits per heavy atom. The van der Waals surface area contributed by atoms with E-state index in [0.29, 0.717) is 12.0 Å². The predicted molar refractivity (Wildman–Crippen MR) is 84.6 cm³/mol. The largest absolute Gasteiger partial charge is 0.506 e. The normalized spacial score (nSPS) is 13.5. The molecule has 0 spiro atoms. The van der Waals surface area contributed by atoms with Crippen molar-refractivity contribution in [2.45, 2.75) is 70.1 Å². The van der Waals surface area contributed by atoms with Crippen molar-refractivity contribution in [1.82, 2.24) is 0 Å². The van der Waals surface area contributed by atoms with Crippen LogP contribution >= 0.6 is 0 Å². The van der Waals surface area contributed by atoms with Gasteiger partial charge in [-0.25, -0.2) is 0 Å². The molecule has 21 heavy (non-hydrogen) atoms. The molecular formula is C16H26O4S. The minimum atomic E-state index is -4.50. The van der Waals surface area contributed by atoms with Gasteiger partial charge in [-0.05, 0) is 40.9 Å². The summed E-state index contributed by atoms with van der Waals surface area (Å²) >= 11 is 0. The number of phenolic OH excluding ortho intramolecular Hbond substituents is 1. The van der Waals surface area contributed by atoms with Gasteiger partial charge in [0, 0.05) is 0 Å². The van der Waals surface area contributed by atoms with Gasteiger partial charge >= 0.3 is 0 Å². The third-order valence-electron chi connectivity index (χ3n) is 4.57. The van der Waals surface area contributed by atoms with Crippen molar-refractivity contribution < 1.29 is 18.1 Å². The van der Waals surface area contributed by atoms with E-state index in [2.05, 4.69) is 0 Å². The summed E-state index contributed by atoms with van der Waals surface area (Å²) in [4.78, 5) is -0.353. The van der Waals surface area contributed by atoms with Gasteiger partial charge in [0.05, 0.1) is 0 Å². The van der Waals surface area contributed by atoms with Gasteiger partial charge in [-0.2, -0.15) is 8.42 Å². The van der Waals surface area contributed by atoms with Gasteiger partial charge in [-0.1, -0.05) is 47.6 Å². The van der Waals surface area contributed by atoms with E-state index in [1.807, 2.05) is 41.5 Å². The molecule has 0 saturated heterocycles. The predicted octanol–water partition coefficient (Wildman–Crippen LogP) is 4.01. The molecule has 5 heteroatoms. The van der Waals surface area contributed by atoms with Crippen LogP contribution in [0.2, 0.25) is 0 Å². The smallest absolute Gasteiger partial charge is 0.298 e. The second-order valence-electron chi connectivity index (χ2n) is 6.79. The molecule has 120 valence electrons. The Hall–Kier alpha value is -1.07. The van der Waals surface area contributed by atoms with E-state index in [-0.39, 0.29) is 10.3 Å². The zero-order chi connectivity index (χ0) is 16.6. The summed E-state index contributed by atoms with van der Waals surface area (Å²) in [5.41, 5.74) is 0.627. The van der Waals surface area contributed by atoms with Gasteiger partial charge in [-0.3, -0.25) is 4.55 Å². The van der Waals surface area contributed by atoms with Gasteiger partial charge in [0.15, 0.2) is 0 Å². The molecule has 0 amide bonds. The maximum absolute atomic E-state index is 11.8. The first kappa shape index (κ1) is 18.0. The van der Waals surface area contributed by atoms with Crippen LogP contribution in [-0.2, 0) is 20.9 Å². The molecule has 0 aliphatic rings. The summed E-state index contributed by atoms with van der Waals surface area (Å²) in [7, 11) is -4.50. The van der Waals surface area contributed by atoms with Crippen LogP contribution < -0.4 is 0 Å². The highest BCUT2D eigenvalue weighted by Gasteiger charge is 2.36. The Bertz CT molecular complexity index is 628. The van der Waals surface area contributed by atoms with Crippen molar-refractivity contribution in [1.29, 1.82) is 0 Å². The summed E-state index contributed by atoms with van der Waals surface area (Å²) in [5.74, 6) is -0.398. The van der Waals surface area contributed by atoms with Crippen LogP contribution in [0.3, 0.4) is 0 Å². The molecule has 0 aliphatic heterocycles. The SMILES string of the molecule is CCC(C)(C)c1ccc(O)c(S(=O)(=O)O)c1C(C)(C)CC. The lowest BCUT2D eigenvalue weighted by molar-refractivity contribution is 0.410. The molecule has 0 fully saturated rings. The molecule has 0 saturated carbocycles. The van der Waals surface area contributed by atoms with Crippen LogP contribution in [0.5, 0.6) is 5.75 Å². The third kappa shape index (κ3) is 3.40. The monoisotopic (exact) mass is 314 g/mol. The van der Waals surface area contributed by atoms with Crippen LogP contribution in [0.15, 0.2) is 17.0 Å². The minimum Gasteiger partial charge on any atom is -0.506 e. The van der Waals surface area contributed by atoms with Crippen molar-refractivity contribution >= 4 is 10.1 Å². The molecule has 0 heterocycles. The molecule has 0 atom stereocenters. The molecule has 0 bridgehead atoms. The fourth-order valence-corrected chi connectivity index (χ4v) is 3.41. The number of rotatable bonds is 5. The third-order valence-corrected chi connectivity index (χ3v) is 5.50. The first-order valence-electron chi connectivity index (χ1n) is 7.23. The van der Waals surface area contributed by atoms with Crippen molar-refractivity contribution in [2.75, 3.05) is 0 Å². The van der Waals surface area contributed by atoms with Crippen LogP contribution in [0, 0.1) is 0 Å².